The highest BCUT2D eigenvalue weighted by Gasteiger charge is 2.25. The van der Waals surface area contributed by atoms with Crippen molar-refractivity contribution in [1.82, 2.24) is 13.9 Å². The highest BCUT2D eigenvalue weighted by Crippen LogP contribution is 2.34. The summed E-state index contributed by atoms with van der Waals surface area (Å²) in [6.07, 6.45) is 7.48. The van der Waals surface area contributed by atoms with E-state index in [0.717, 1.165) is 55.7 Å². The highest BCUT2D eigenvalue weighted by atomic mass is 32.2. The van der Waals surface area contributed by atoms with Gasteiger partial charge in [-0.3, -0.25) is 4.98 Å². The van der Waals surface area contributed by atoms with E-state index in [-0.39, 0.29) is 4.90 Å². The Morgan fingerprint density at radius 2 is 1.91 bits per heavy atom. The lowest BCUT2D eigenvalue weighted by atomic mass is 10.2. The predicted octanol–water partition coefficient (Wildman–Crippen LogP) is 2.95. The second-order valence-electron chi connectivity index (χ2n) is 8.26. The molecule has 0 amide bonds. The summed E-state index contributed by atoms with van der Waals surface area (Å²) < 4.78 is 34.2. The van der Waals surface area contributed by atoms with Crippen molar-refractivity contribution in [2.45, 2.75) is 31.1 Å². The Hall–Kier alpha value is -2.91. The lowest BCUT2D eigenvalue weighted by Crippen LogP contribution is -2.29. The van der Waals surface area contributed by atoms with E-state index in [2.05, 4.69) is 14.8 Å². The molecule has 0 atom stereocenters. The van der Waals surface area contributed by atoms with Gasteiger partial charge in [0.15, 0.2) is 0 Å². The molecule has 4 heterocycles. The van der Waals surface area contributed by atoms with Gasteiger partial charge in [0.05, 0.1) is 28.2 Å². The molecule has 0 spiro atoms. The molecule has 0 N–H and O–H groups in total. The first-order valence-corrected chi connectivity index (χ1v) is 12.7. The summed E-state index contributed by atoms with van der Waals surface area (Å²) in [4.78, 5) is 18.0. The van der Waals surface area contributed by atoms with Gasteiger partial charge >= 0.3 is 0 Å². The predicted molar refractivity (Wildman–Crippen MR) is 129 cm³/mol. The molecule has 0 radical (unpaired) electrons. The van der Waals surface area contributed by atoms with Crippen LogP contribution in [0, 0.1) is 0 Å². The Morgan fingerprint density at radius 1 is 1.15 bits per heavy atom. The van der Waals surface area contributed by atoms with Crippen LogP contribution in [0.15, 0.2) is 47.6 Å². The standard InChI is InChI=1S/C22H26N4O3S.C2H4O/c1-24-13-14-29-21-15-18(6-7-19(21)24)30(27,28)26-16-17(8-12-25-10-2-3-11-25)22-20(26)5-4-9-23-22;1-2-3/h4-7,9,15-16H,2-3,8,10-14H2,1H3;2H,1H3. The molecule has 0 bridgehead atoms. The van der Waals surface area contributed by atoms with E-state index in [4.69, 9.17) is 9.53 Å². The molecule has 176 valence electrons. The summed E-state index contributed by atoms with van der Waals surface area (Å²) in [6.45, 7) is 5.94. The van der Waals surface area contributed by atoms with E-state index in [1.165, 1.54) is 23.7 Å². The number of anilines is 1. The van der Waals surface area contributed by atoms with Gasteiger partial charge in [0.1, 0.15) is 18.6 Å². The van der Waals surface area contributed by atoms with Gasteiger partial charge < -0.3 is 19.3 Å². The van der Waals surface area contributed by atoms with Crippen molar-refractivity contribution in [3.8, 4) is 5.75 Å². The number of hydrogen-bond acceptors (Lipinski definition) is 7. The van der Waals surface area contributed by atoms with Gasteiger partial charge in [0.2, 0.25) is 0 Å². The maximum Gasteiger partial charge on any atom is 0.268 e. The Kier molecular flexibility index (Phi) is 6.99. The van der Waals surface area contributed by atoms with Crippen molar-refractivity contribution in [1.29, 1.82) is 0 Å². The number of carbonyl (C=O) groups excluding carboxylic acids is 1. The van der Waals surface area contributed by atoms with Gasteiger partial charge in [-0.15, -0.1) is 0 Å². The smallest absolute Gasteiger partial charge is 0.268 e. The number of fused-ring (bicyclic) bond motifs is 2. The summed E-state index contributed by atoms with van der Waals surface area (Å²) >= 11 is 0. The Labute approximate surface area is 194 Å². The fraction of sp³-hybridized carbons (Fsp3) is 0.417. The molecule has 0 saturated carbocycles. The number of hydrogen-bond donors (Lipinski definition) is 0. The molecule has 8 nitrogen and oxygen atoms in total. The minimum absolute atomic E-state index is 0.225. The largest absolute Gasteiger partial charge is 0.490 e. The normalized spacial score (nSPS) is 16.1. The van der Waals surface area contributed by atoms with Gasteiger partial charge in [-0.05, 0) is 69.1 Å². The monoisotopic (exact) mass is 470 g/mol. The number of likely N-dealkylation sites (tertiary alicyclic amines) is 1. The lowest BCUT2D eigenvalue weighted by Gasteiger charge is -2.27. The Balaban J connectivity index is 0.000000821. The van der Waals surface area contributed by atoms with Crippen molar-refractivity contribution >= 4 is 33.0 Å². The van der Waals surface area contributed by atoms with E-state index in [9.17, 15) is 8.42 Å². The number of benzene rings is 1. The molecule has 2 aliphatic heterocycles. The summed E-state index contributed by atoms with van der Waals surface area (Å²) in [5.74, 6) is 0.605. The highest BCUT2D eigenvalue weighted by molar-refractivity contribution is 7.90. The lowest BCUT2D eigenvalue weighted by molar-refractivity contribution is -0.106. The second kappa shape index (κ2) is 9.93. The molecule has 0 unspecified atom stereocenters. The van der Waals surface area contributed by atoms with Crippen molar-refractivity contribution < 1.29 is 17.9 Å². The maximum absolute atomic E-state index is 13.5. The van der Waals surface area contributed by atoms with E-state index in [0.29, 0.717) is 17.9 Å². The van der Waals surface area contributed by atoms with Crippen LogP contribution in [-0.2, 0) is 21.2 Å². The minimum Gasteiger partial charge on any atom is -0.490 e. The molecule has 1 aromatic carbocycles. The van der Waals surface area contributed by atoms with Crippen LogP contribution in [0.4, 0.5) is 5.69 Å². The van der Waals surface area contributed by atoms with Crippen molar-refractivity contribution in [2.75, 3.05) is 44.7 Å². The number of carbonyl (C=O) groups is 1. The Bertz CT molecular complexity index is 1230. The summed E-state index contributed by atoms with van der Waals surface area (Å²) in [5, 5.41) is 0. The second-order valence-corrected chi connectivity index (χ2v) is 10.1. The number of aromatic nitrogens is 2. The van der Waals surface area contributed by atoms with Crippen LogP contribution in [0.5, 0.6) is 5.75 Å². The van der Waals surface area contributed by atoms with Gasteiger partial charge in [0, 0.05) is 32.1 Å². The number of ether oxygens (including phenoxy) is 1. The molecule has 0 aliphatic carbocycles. The third-order valence-corrected chi connectivity index (χ3v) is 7.75. The molecule has 2 aliphatic rings. The third-order valence-electron chi connectivity index (χ3n) is 6.08. The quantitative estimate of drug-likeness (QED) is 0.530. The zero-order chi connectivity index (χ0) is 23.4. The molecular weight excluding hydrogens is 440 g/mol. The van der Waals surface area contributed by atoms with Crippen molar-refractivity contribution in [3.05, 3.63) is 48.3 Å². The molecule has 3 aromatic rings. The summed E-state index contributed by atoms with van der Waals surface area (Å²) in [6, 6.07) is 8.71. The number of pyridine rings is 1. The van der Waals surface area contributed by atoms with Crippen LogP contribution in [-0.4, -0.2) is 68.4 Å². The van der Waals surface area contributed by atoms with Gasteiger partial charge in [-0.1, -0.05) is 0 Å². The number of aldehydes is 1. The molecule has 2 aromatic heterocycles. The molecule has 9 heteroatoms. The first kappa shape index (κ1) is 23.3. The molecular formula is C24H30N4O4S. The number of nitrogens with zero attached hydrogens (tertiary/aromatic N) is 4. The summed E-state index contributed by atoms with van der Waals surface area (Å²) in [5.41, 5.74) is 3.25. The van der Waals surface area contributed by atoms with Crippen LogP contribution in [0.2, 0.25) is 0 Å². The Morgan fingerprint density at radius 3 is 2.67 bits per heavy atom. The average Bonchev–Trinajstić information content (AvgIpc) is 3.46. The zero-order valence-electron chi connectivity index (χ0n) is 19.1. The van der Waals surface area contributed by atoms with Crippen LogP contribution >= 0.6 is 0 Å². The van der Waals surface area contributed by atoms with E-state index in [1.807, 2.05) is 19.2 Å². The fourth-order valence-electron chi connectivity index (χ4n) is 4.37. The van der Waals surface area contributed by atoms with Gasteiger partial charge in [0.25, 0.3) is 10.0 Å². The average molecular weight is 471 g/mol. The van der Waals surface area contributed by atoms with Crippen LogP contribution in [0.25, 0.3) is 11.0 Å². The minimum atomic E-state index is -3.77. The van der Waals surface area contributed by atoms with Crippen LogP contribution in [0.3, 0.4) is 0 Å². The summed E-state index contributed by atoms with van der Waals surface area (Å²) in [7, 11) is -1.79. The first-order chi connectivity index (χ1) is 16.0. The number of rotatable bonds is 5. The third kappa shape index (κ3) is 4.74. The van der Waals surface area contributed by atoms with E-state index >= 15 is 0 Å². The van der Waals surface area contributed by atoms with Gasteiger partial charge in [-0.2, -0.15) is 0 Å². The van der Waals surface area contributed by atoms with Gasteiger partial charge in [-0.25, -0.2) is 12.4 Å². The topological polar surface area (TPSA) is 84.7 Å². The molecule has 33 heavy (non-hydrogen) atoms. The zero-order valence-corrected chi connectivity index (χ0v) is 19.9. The van der Waals surface area contributed by atoms with Crippen molar-refractivity contribution in [3.63, 3.8) is 0 Å². The molecule has 1 saturated heterocycles. The molecule has 5 rings (SSSR count). The molecule has 1 fully saturated rings. The van der Waals surface area contributed by atoms with Crippen LogP contribution < -0.4 is 9.64 Å². The first-order valence-electron chi connectivity index (χ1n) is 11.3. The number of likely N-dealkylation sites (N-methyl/N-ethyl adjacent to an activating group) is 1. The maximum atomic E-state index is 13.5. The SMILES string of the molecule is CC=O.CN1CCOc2cc(S(=O)(=O)n3cc(CCN4CCCC4)c4ncccc43)ccc21. The van der Waals surface area contributed by atoms with E-state index < -0.39 is 10.0 Å². The van der Waals surface area contributed by atoms with Crippen LogP contribution in [0.1, 0.15) is 25.3 Å². The van der Waals surface area contributed by atoms with E-state index in [1.54, 1.807) is 30.6 Å². The fourth-order valence-corrected chi connectivity index (χ4v) is 5.77. The van der Waals surface area contributed by atoms with Crippen molar-refractivity contribution in [2.24, 2.45) is 0 Å².